The lowest BCUT2D eigenvalue weighted by atomic mass is 10.1. The normalized spacial score (nSPS) is 14.0. The van der Waals surface area contributed by atoms with E-state index in [1.165, 1.54) is 0 Å². The molecule has 0 radical (unpaired) electrons. The standard InChI is InChI=1S/C22H27N7O2/c1-24-8-11-29-19-18(13-16(14-25-19)21(31)28-9-3-2-4-10-28)26-22(29)27-20(30)15-6-5-7-17(23)12-15/h5-7,12-14,24H,2-4,8-11,23H2,1H3,(H,26,27,30). The van der Waals surface area contributed by atoms with Crippen LogP contribution in [0, 0.1) is 0 Å². The average Bonchev–Trinajstić information content (AvgIpc) is 3.13. The summed E-state index contributed by atoms with van der Waals surface area (Å²) < 4.78 is 1.84. The topological polar surface area (TPSA) is 118 Å². The number of rotatable bonds is 6. The summed E-state index contributed by atoms with van der Waals surface area (Å²) in [5, 5.41) is 5.96. The fraction of sp³-hybridized carbons (Fsp3) is 0.364. The number of hydrogen-bond acceptors (Lipinski definition) is 6. The number of anilines is 2. The highest BCUT2D eigenvalue weighted by Gasteiger charge is 2.21. The lowest BCUT2D eigenvalue weighted by Gasteiger charge is -2.26. The zero-order chi connectivity index (χ0) is 21.8. The summed E-state index contributed by atoms with van der Waals surface area (Å²) >= 11 is 0. The number of hydrogen-bond donors (Lipinski definition) is 3. The molecule has 1 aromatic carbocycles. The molecular weight excluding hydrogens is 394 g/mol. The van der Waals surface area contributed by atoms with Gasteiger partial charge in [-0.1, -0.05) is 6.07 Å². The van der Waals surface area contributed by atoms with E-state index in [-0.39, 0.29) is 11.8 Å². The first-order valence-corrected chi connectivity index (χ1v) is 10.5. The Hall–Kier alpha value is -3.46. The maximum atomic E-state index is 12.9. The van der Waals surface area contributed by atoms with Crippen LogP contribution >= 0.6 is 0 Å². The average molecular weight is 422 g/mol. The SMILES string of the molecule is CNCCn1c(NC(=O)c2cccc(N)c2)nc2cc(C(=O)N3CCCCC3)cnc21. The highest BCUT2D eigenvalue weighted by atomic mass is 16.2. The third-order valence-electron chi connectivity index (χ3n) is 5.43. The maximum Gasteiger partial charge on any atom is 0.258 e. The number of pyridine rings is 1. The number of fused-ring (bicyclic) bond motifs is 1. The molecule has 3 heterocycles. The number of imidazole rings is 1. The molecule has 4 rings (SSSR count). The van der Waals surface area contributed by atoms with Crippen molar-refractivity contribution in [3.05, 3.63) is 47.7 Å². The highest BCUT2D eigenvalue weighted by molar-refractivity contribution is 6.04. The van der Waals surface area contributed by atoms with Crippen LogP contribution < -0.4 is 16.4 Å². The molecule has 4 N–H and O–H groups in total. The van der Waals surface area contributed by atoms with E-state index in [0.29, 0.717) is 47.0 Å². The second-order valence-corrected chi connectivity index (χ2v) is 7.69. The lowest BCUT2D eigenvalue weighted by molar-refractivity contribution is 0.0724. The Morgan fingerprint density at radius 1 is 1.13 bits per heavy atom. The predicted octanol–water partition coefficient (Wildman–Crippen LogP) is 2.11. The summed E-state index contributed by atoms with van der Waals surface area (Å²) in [6.07, 6.45) is 4.81. The first-order chi connectivity index (χ1) is 15.1. The van der Waals surface area contributed by atoms with Gasteiger partial charge in [0, 0.05) is 43.6 Å². The summed E-state index contributed by atoms with van der Waals surface area (Å²) in [6.45, 7) is 2.78. The number of piperidine rings is 1. The Bertz CT molecular complexity index is 1100. The number of carbonyl (C=O) groups is 2. The molecule has 1 aliphatic rings. The molecule has 2 aromatic heterocycles. The molecule has 31 heavy (non-hydrogen) atoms. The molecular formula is C22H27N7O2. The molecule has 0 aliphatic carbocycles. The molecule has 0 spiro atoms. The molecule has 3 aromatic rings. The number of likely N-dealkylation sites (tertiary alicyclic amines) is 1. The Kier molecular flexibility index (Phi) is 6.13. The van der Waals surface area contributed by atoms with E-state index < -0.39 is 0 Å². The van der Waals surface area contributed by atoms with Crippen LogP contribution in [0.2, 0.25) is 0 Å². The molecule has 0 bridgehead atoms. The number of nitrogens with one attached hydrogen (secondary N) is 2. The molecule has 0 atom stereocenters. The summed E-state index contributed by atoms with van der Waals surface area (Å²) in [5.74, 6) is 0.0508. The van der Waals surface area contributed by atoms with Crippen molar-refractivity contribution in [2.45, 2.75) is 25.8 Å². The maximum absolute atomic E-state index is 12.9. The first kappa shape index (κ1) is 20.8. The van der Waals surface area contributed by atoms with E-state index in [9.17, 15) is 9.59 Å². The molecule has 0 saturated carbocycles. The zero-order valence-corrected chi connectivity index (χ0v) is 17.6. The molecule has 1 aliphatic heterocycles. The Labute approximate surface area is 180 Å². The van der Waals surface area contributed by atoms with Gasteiger partial charge in [0.15, 0.2) is 5.65 Å². The number of amides is 2. The van der Waals surface area contributed by atoms with Gasteiger partial charge in [-0.05, 0) is 50.6 Å². The molecule has 0 unspecified atom stereocenters. The third kappa shape index (κ3) is 4.51. The summed E-state index contributed by atoms with van der Waals surface area (Å²) in [6, 6.07) is 8.52. The van der Waals surface area contributed by atoms with Gasteiger partial charge >= 0.3 is 0 Å². The fourth-order valence-corrected chi connectivity index (χ4v) is 3.79. The monoisotopic (exact) mass is 421 g/mol. The van der Waals surface area contributed by atoms with E-state index in [1.807, 2.05) is 16.5 Å². The van der Waals surface area contributed by atoms with Gasteiger partial charge in [-0.2, -0.15) is 0 Å². The molecule has 1 saturated heterocycles. The Morgan fingerprint density at radius 3 is 2.68 bits per heavy atom. The highest BCUT2D eigenvalue weighted by Crippen LogP contribution is 2.21. The number of carbonyl (C=O) groups excluding carboxylic acids is 2. The van der Waals surface area contributed by atoms with Gasteiger partial charge in [-0.3, -0.25) is 19.5 Å². The number of likely N-dealkylation sites (N-methyl/N-ethyl adjacent to an activating group) is 1. The van der Waals surface area contributed by atoms with E-state index >= 15 is 0 Å². The van der Waals surface area contributed by atoms with Gasteiger partial charge in [-0.25, -0.2) is 9.97 Å². The van der Waals surface area contributed by atoms with Crippen molar-refractivity contribution < 1.29 is 9.59 Å². The second-order valence-electron chi connectivity index (χ2n) is 7.69. The lowest BCUT2D eigenvalue weighted by Crippen LogP contribution is -2.35. The van der Waals surface area contributed by atoms with Gasteiger partial charge in [0.2, 0.25) is 5.95 Å². The quantitative estimate of drug-likeness (QED) is 0.525. The van der Waals surface area contributed by atoms with Crippen molar-refractivity contribution >= 4 is 34.6 Å². The third-order valence-corrected chi connectivity index (χ3v) is 5.43. The van der Waals surface area contributed by atoms with Crippen molar-refractivity contribution in [2.75, 3.05) is 37.7 Å². The number of benzene rings is 1. The van der Waals surface area contributed by atoms with Crippen molar-refractivity contribution in [1.29, 1.82) is 0 Å². The van der Waals surface area contributed by atoms with Gasteiger partial charge in [0.1, 0.15) is 5.52 Å². The van der Waals surface area contributed by atoms with Crippen LogP contribution in [-0.2, 0) is 6.54 Å². The van der Waals surface area contributed by atoms with E-state index in [1.54, 1.807) is 36.5 Å². The number of aromatic nitrogens is 3. The van der Waals surface area contributed by atoms with Crippen LogP contribution in [0.15, 0.2) is 36.5 Å². The van der Waals surface area contributed by atoms with Crippen molar-refractivity contribution in [3.8, 4) is 0 Å². The Balaban J connectivity index is 1.65. The smallest absolute Gasteiger partial charge is 0.258 e. The van der Waals surface area contributed by atoms with Crippen molar-refractivity contribution in [1.82, 2.24) is 24.8 Å². The van der Waals surface area contributed by atoms with E-state index in [2.05, 4.69) is 20.6 Å². The van der Waals surface area contributed by atoms with Crippen LogP contribution in [0.4, 0.5) is 11.6 Å². The zero-order valence-electron chi connectivity index (χ0n) is 17.6. The Morgan fingerprint density at radius 2 is 1.94 bits per heavy atom. The molecule has 2 amide bonds. The van der Waals surface area contributed by atoms with Crippen molar-refractivity contribution in [2.24, 2.45) is 0 Å². The minimum atomic E-state index is -0.307. The predicted molar refractivity (Wildman–Crippen MR) is 120 cm³/mol. The largest absolute Gasteiger partial charge is 0.399 e. The van der Waals surface area contributed by atoms with Crippen LogP contribution in [0.3, 0.4) is 0 Å². The summed E-state index contributed by atoms with van der Waals surface area (Å²) in [4.78, 5) is 36.6. The van der Waals surface area contributed by atoms with Crippen molar-refractivity contribution in [3.63, 3.8) is 0 Å². The first-order valence-electron chi connectivity index (χ1n) is 10.5. The van der Waals surface area contributed by atoms with E-state index in [0.717, 1.165) is 32.4 Å². The summed E-state index contributed by atoms with van der Waals surface area (Å²) in [7, 11) is 1.85. The number of nitrogens with two attached hydrogens (primary N) is 1. The number of nitrogen functional groups attached to an aromatic ring is 1. The summed E-state index contributed by atoms with van der Waals surface area (Å²) in [5.41, 5.74) is 8.46. The fourth-order valence-electron chi connectivity index (χ4n) is 3.79. The molecule has 9 heteroatoms. The van der Waals surface area contributed by atoms with E-state index in [4.69, 9.17) is 5.73 Å². The van der Waals surface area contributed by atoms with Crippen LogP contribution in [0.5, 0.6) is 0 Å². The second kappa shape index (κ2) is 9.13. The van der Waals surface area contributed by atoms with Crippen LogP contribution in [0.25, 0.3) is 11.2 Å². The van der Waals surface area contributed by atoms with Gasteiger partial charge < -0.3 is 16.0 Å². The minimum absolute atomic E-state index is 0.0239. The minimum Gasteiger partial charge on any atom is -0.399 e. The molecule has 9 nitrogen and oxygen atoms in total. The van der Waals surface area contributed by atoms with Crippen LogP contribution in [-0.4, -0.2) is 57.9 Å². The van der Waals surface area contributed by atoms with Crippen LogP contribution in [0.1, 0.15) is 40.0 Å². The van der Waals surface area contributed by atoms with Gasteiger partial charge in [0.05, 0.1) is 5.56 Å². The molecule has 1 fully saturated rings. The molecule has 162 valence electrons. The van der Waals surface area contributed by atoms with Gasteiger partial charge in [-0.15, -0.1) is 0 Å². The van der Waals surface area contributed by atoms with Gasteiger partial charge in [0.25, 0.3) is 11.8 Å². The number of nitrogens with zero attached hydrogens (tertiary/aromatic N) is 4.